The molecule has 0 aromatic carbocycles. The summed E-state index contributed by atoms with van der Waals surface area (Å²) in [6.45, 7) is 6.38. The van der Waals surface area contributed by atoms with Gasteiger partial charge in [-0.05, 0) is 26.5 Å². The Labute approximate surface area is 101 Å². The number of fused-ring (bicyclic) bond motifs is 1. The topological polar surface area (TPSA) is 55.1 Å². The maximum atomic E-state index is 4.36. The van der Waals surface area contributed by atoms with Gasteiger partial charge in [0.05, 0.1) is 5.69 Å². The number of likely N-dealkylation sites (N-methyl/N-ethyl adjacent to an activating group) is 1. The number of hydrogen-bond acceptors (Lipinski definition) is 4. The minimum atomic E-state index is 0.371. The van der Waals surface area contributed by atoms with E-state index < -0.39 is 0 Å². The van der Waals surface area contributed by atoms with Gasteiger partial charge in [-0.1, -0.05) is 13.8 Å². The molecule has 0 aliphatic heterocycles. The molecular weight excluding hydrogens is 214 g/mol. The first kappa shape index (κ1) is 12.0. The molecule has 0 saturated carbocycles. The highest BCUT2D eigenvalue weighted by Gasteiger charge is 2.19. The highest BCUT2D eigenvalue weighted by Crippen LogP contribution is 2.21. The minimum absolute atomic E-state index is 0.371. The molecule has 2 rings (SSSR count). The van der Waals surface area contributed by atoms with Crippen molar-refractivity contribution in [1.82, 2.24) is 24.9 Å². The number of rotatable bonds is 4. The van der Waals surface area contributed by atoms with Gasteiger partial charge >= 0.3 is 0 Å². The fourth-order valence-electron chi connectivity index (χ4n) is 2.30. The van der Waals surface area contributed by atoms with Crippen LogP contribution in [0.5, 0.6) is 0 Å². The molecule has 0 amide bonds. The van der Waals surface area contributed by atoms with Crippen molar-refractivity contribution in [2.24, 2.45) is 0 Å². The van der Waals surface area contributed by atoms with E-state index in [1.54, 1.807) is 6.33 Å². The highest BCUT2D eigenvalue weighted by atomic mass is 15.3. The molecular formula is C12H19N5. The molecule has 2 atom stereocenters. The van der Waals surface area contributed by atoms with E-state index in [-0.39, 0.29) is 0 Å². The smallest absolute Gasteiger partial charge is 0.252 e. The summed E-state index contributed by atoms with van der Waals surface area (Å²) >= 11 is 0. The quantitative estimate of drug-likeness (QED) is 0.870. The van der Waals surface area contributed by atoms with Crippen molar-refractivity contribution in [3.8, 4) is 0 Å². The van der Waals surface area contributed by atoms with Gasteiger partial charge in [0.2, 0.25) is 0 Å². The summed E-state index contributed by atoms with van der Waals surface area (Å²) in [6, 6.07) is 2.52. The minimum Gasteiger partial charge on any atom is -0.316 e. The van der Waals surface area contributed by atoms with E-state index in [1.807, 2.05) is 18.5 Å². The van der Waals surface area contributed by atoms with E-state index in [1.165, 1.54) is 0 Å². The summed E-state index contributed by atoms with van der Waals surface area (Å²) < 4.78 is 1.83. The van der Waals surface area contributed by atoms with E-state index in [0.29, 0.717) is 17.7 Å². The van der Waals surface area contributed by atoms with Gasteiger partial charge in [-0.3, -0.25) is 0 Å². The van der Waals surface area contributed by atoms with Crippen molar-refractivity contribution in [2.45, 2.75) is 39.2 Å². The van der Waals surface area contributed by atoms with Crippen LogP contribution >= 0.6 is 0 Å². The van der Waals surface area contributed by atoms with E-state index in [4.69, 9.17) is 0 Å². The third-order valence-corrected chi connectivity index (χ3v) is 3.29. The lowest BCUT2D eigenvalue weighted by Gasteiger charge is -2.22. The van der Waals surface area contributed by atoms with E-state index in [2.05, 4.69) is 40.3 Å². The van der Waals surface area contributed by atoms with E-state index in [9.17, 15) is 0 Å². The fraction of sp³-hybridized carbons (Fsp3) is 0.583. The van der Waals surface area contributed by atoms with E-state index in [0.717, 1.165) is 17.8 Å². The first-order chi connectivity index (χ1) is 8.17. The van der Waals surface area contributed by atoms with Crippen LogP contribution in [0.25, 0.3) is 5.78 Å². The molecule has 2 aromatic rings. The van der Waals surface area contributed by atoms with Crippen LogP contribution < -0.4 is 5.32 Å². The molecule has 17 heavy (non-hydrogen) atoms. The molecule has 0 saturated heterocycles. The van der Waals surface area contributed by atoms with Crippen molar-refractivity contribution in [3.63, 3.8) is 0 Å². The van der Waals surface area contributed by atoms with Crippen LogP contribution in [0.4, 0.5) is 0 Å². The maximum Gasteiger partial charge on any atom is 0.252 e. The first-order valence-electron chi connectivity index (χ1n) is 6.02. The molecule has 2 aromatic heterocycles. The summed E-state index contributed by atoms with van der Waals surface area (Å²) in [7, 11) is 2.00. The number of aryl methyl sites for hydroxylation is 1. The predicted molar refractivity (Wildman–Crippen MR) is 67.1 cm³/mol. The number of nitrogens with one attached hydrogen (secondary N) is 1. The summed E-state index contributed by atoms with van der Waals surface area (Å²) in [5.41, 5.74) is 2.14. The average Bonchev–Trinajstić information content (AvgIpc) is 2.77. The Bertz CT molecular complexity index is 501. The van der Waals surface area contributed by atoms with Gasteiger partial charge in [0.1, 0.15) is 6.33 Å². The van der Waals surface area contributed by atoms with Gasteiger partial charge in [-0.2, -0.15) is 10.1 Å². The second kappa shape index (κ2) is 4.79. The second-order valence-electron chi connectivity index (χ2n) is 4.39. The fourth-order valence-corrected chi connectivity index (χ4v) is 2.30. The molecule has 5 nitrogen and oxygen atoms in total. The molecule has 92 valence electrons. The SMILES string of the molecule is CCC(NC)C(C)c1cc(C)nc2ncnn12. The lowest BCUT2D eigenvalue weighted by atomic mass is 9.95. The summed E-state index contributed by atoms with van der Waals surface area (Å²) in [4.78, 5) is 8.51. The Morgan fingerprint density at radius 1 is 1.47 bits per heavy atom. The number of hydrogen-bond donors (Lipinski definition) is 1. The third-order valence-electron chi connectivity index (χ3n) is 3.29. The van der Waals surface area contributed by atoms with Crippen molar-refractivity contribution in [1.29, 1.82) is 0 Å². The van der Waals surface area contributed by atoms with E-state index >= 15 is 0 Å². The molecule has 5 heteroatoms. The van der Waals surface area contributed by atoms with Gasteiger partial charge in [0, 0.05) is 17.7 Å². The Morgan fingerprint density at radius 2 is 2.24 bits per heavy atom. The van der Waals surface area contributed by atoms with Gasteiger partial charge in [-0.25, -0.2) is 9.50 Å². The normalized spacial score (nSPS) is 15.1. The van der Waals surface area contributed by atoms with Crippen molar-refractivity contribution >= 4 is 5.78 Å². The summed E-state index contributed by atoms with van der Waals surface area (Å²) in [5.74, 6) is 1.05. The second-order valence-corrected chi connectivity index (χ2v) is 4.39. The van der Waals surface area contributed by atoms with Crippen LogP contribution in [0.15, 0.2) is 12.4 Å². The molecule has 0 fully saturated rings. The molecule has 0 spiro atoms. The van der Waals surface area contributed by atoms with Crippen LogP contribution in [0.2, 0.25) is 0 Å². The zero-order valence-electron chi connectivity index (χ0n) is 10.8. The summed E-state index contributed by atoms with van der Waals surface area (Å²) in [6.07, 6.45) is 2.63. The molecule has 0 aliphatic carbocycles. The number of nitrogens with zero attached hydrogens (tertiary/aromatic N) is 4. The lowest BCUT2D eigenvalue weighted by Crippen LogP contribution is -2.31. The van der Waals surface area contributed by atoms with Gasteiger partial charge in [0.15, 0.2) is 0 Å². The van der Waals surface area contributed by atoms with Gasteiger partial charge in [0.25, 0.3) is 5.78 Å². The van der Waals surface area contributed by atoms with Gasteiger partial charge in [-0.15, -0.1) is 0 Å². The molecule has 0 bridgehead atoms. The van der Waals surface area contributed by atoms with Gasteiger partial charge < -0.3 is 5.32 Å². The van der Waals surface area contributed by atoms with Crippen LogP contribution in [0, 0.1) is 6.92 Å². The zero-order chi connectivity index (χ0) is 12.4. The predicted octanol–water partition coefficient (Wildman–Crippen LogP) is 1.53. The monoisotopic (exact) mass is 233 g/mol. The Morgan fingerprint density at radius 3 is 2.88 bits per heavy atom. The Hall–Kier alpha value is -1.49. The molecule has 0 aliphatic rings. The maximum absolute atomic E-state index is 4.36. The molecule has 2 unspecified atom stereocenters. The largest absolute Gasteiger partial charge is 0.316 e. The molecule has 1 N–H and O–H groups in total. The van der Waals surface area contributed by atoms with Crippen molar-refractivity contribution < 1.29 is 0 Å². The number of aromatic nitrogens is 4. The van der Waals surface area contributed by atoms with Crippen LogP contribution in [-0.4, -0.2) is 32.7 Å². The molecule has 0 radical (unpaired) electrons. The van der Waals surface area contributed by atoms with Crippen molar-refractivity contribution in [2.75, 3.05) is 7.05 Å². The Balaban J connectivity index is 2.49. The summed E-state index contributed by atoms with van der Waals surface area (Å²) in [5, 5.41) is 7.59. The zero-order valence-corrected chi connectivity index (χ0v) is 10.8. The van der Waals surface area contributed by atoms with Crippen molar-refractivity contribution in [3.05, 3.63) is 23.8 Å². The van der Waals surface area contributed by atoms with Crippen LogP contribution in [-0.2, 0) is 0 Å². The lowest BCUT2D eigenvalue weighted by molar-refractivity contribution is 0.458. The standard InChI is InChI=1S/C12H19N5/c1-5-10(13-4)9(3)11-6-8(2)16-12-14-7-15-17(11)12/h6-7,9-10,13H,5H2,1-4H3. The third kappa shape index (κ3) is 2.15. The van der Waals surface area contributed by atoms with Crippen LogP contribution in [0.1, 0.15) is 37.6 Å². The molecule has 2 heterocycles. The first-order valence-corrected chi connectivity index (χ1v) is 6.02. The van der Waals surface area contributed by atoms with Crippen LogP contribution in [0.3, 0.4) is 0 Å². The Kier molecular flexibility index (Phi) is 3.38. The average molecular weight is 233 g/mol. The highest BCUT2D eigenvalue weighted by molar-refractivity contribution is 5.31.